The number of anilines is 2. The number of aryl methyl sites for hydroxylation is 1. The summed E-state index contributed by atoms with van der Waals surface area (Å²) in [5.41, 5.74) is 1.77. The Morgan fingerprint density at radius 2 is 2.12 bits per heavy atom. The summed E-state index contributed by atoms with van der Waals surface area (Å²) in [6.45, 7) is 1.76. The number of hydrogen-bond donors (Lipinski definition) is 3. The summed E-state index contributed by atoms with van der Waals surface area (Å²) in [4.78, 5) is 26.8. The maximum atomic E-state index is 12.7. The van der Waals surface area contributed by atoms with Crippen LogP contribution < -0.4 is 10.9 Å². The third-order valence-corrected chi connectivity index (χ3v) is 6.38. The minimum Gasteiger partial charge on any atom is -0.464 e. The SMILES string of the molecule is Cc1c2ccc(Nc3nn(C4CCCCC4C#N)c4cc[nH]c(=O)c34)cc2cn1C(=O)O. The molecular formula is C23H22N6O3. The monoisotopic (exact) mass is 430 g/mol. The van der Waals surface area contributed by atoms with Crippen LogP contribution in [0.3, 0.4) is 0 Å². The third kappa shape index (κ3) is 3.12. The van der Waals surface area contributed by atoms with E-state index < -0.39 is 6.09 Å². The van der Waals surface area contributed by atoms with Gasteiger partial charge in [-0.2, -0.15) is 10.4 Å². The van der Waals surface area contributed by atoms with Crippen LogP contribution in [0.1, 0.15) is 37.4 Å². The van der Waals surface area contributed by atoms with Gasteiger partial charge in [0.15, 0.2) is 5.82 Å². The average molecular weight is 430 g/mol. The molecule has 4 aromatic rings. The predicted octanol–water partition coefficient (Wildman–Crippen LogP) is 4.51. The van der Waals surface area contributed by atoms with E-state index in [1.807, 2.05) is 28.9 Å². The molecule has 3 N–H and O–H groups in total. The lowest BCUT2D eigenvalue weighted by atomic mass is 9.85. The highest BCUT2D eigenvalue weighted by atomic mass is 16.4. The Morgan fingerprint density at radius 3 is 2.91 bits per heavy atom. The molecule has 3 heterocycles. The van der Waals surface area contributed by atoms with Gasteiger partial charge in [0.05, 0.1) is 23.5 Å². The molecule has 0 saturated heterocycles. The molecule has 1 aliphatic carbocycles. The predicted molar refractivity (Wildman–Crippen MR) is 120 cm³/mol. The molecule has 2 atom stereocenters. The molecular weight excluding hydrogens is 408 g/mol. The standard InChI is InChI=1S/C23H22N6O3/c1-13-17-7-6-16(10-15(17)12-28(13)23(31)32)26-21-20-19(8-9-25-22(20)30)29(27-21)18-5-3-2-4-14(18)11-24/h6-10,12,14,18H,2-5H2,1H3,(H,25,30)(H,26,27)(H,31,32). The number of carbonyl (C=O) groups is 1. The lowest BCUT2D eigenvalue weighted by Crippen LogP contribution is -2.23. The van der Waals surface area contributed by atoms with E-state index in [0.717, 1.165) is 36.5 Å². The molecule has 1 fully saturated rings. The zero-order valence-corrected chi connectivity index (χ0v) is 17.5. The number of nitrogens with zero attached hydrogens (tertiary/aromatic N) is 4. The highest BCUT2D eigenvalue weighted by Crippen LogP contribution is 2.36. The zero-order valence-electron chi connectivity index (χ0n) is 17.5. The Hall–Kier alpha value is -4.06. The van der Waals surface area contributed by atoms with Gasteiger partial charge in [0, 0.05) is 34.5 Å². The van der Waals surface area contributed by atoms with Crippen molar-refractivity contribution in [2.24, 2.45) is 5.92 Å². The van der Waals surface area contributed by atoms with E-state index in [4.69, 9.17) is 5.10 Å². The van der Waals surface area contributed by atoms with Crippen molar-refractivity contribution in [3.8, 4) is 6.07 Å². The quantitative estimate of drug-likeness (QED) is 0.438. The maximum absolute atomic E-state index is 12.7. The summed E-state index contributed by atoms with van der Waals surface area (Å²) in [5.74, 6) is 0.270. The first-order chi connectivity index (χ1) is 15.5. The number of fused-ring (bicyclic) bond motifs is 2. The Labute approximate surface area is 182 Å². The van der Waals surface area contributed by atoms with Gasteiger partial charge in [-0.3, -0.25) is 14.0 Å². The number of rotatable bonds is 3. The van der Waals surface area contributed by atoms with E-state index in [1.54, 1.807) is 19.3 Å². The van der Waals surface area contributed by atoms with Crippen LogP contribution in [0.2, 0.25) is 0 Å². The van der Waals surface area contributed by atoms with Gasteiger partial charge < -0.3 is 15.4 Å². The summed E-state index contributed by atoms with van der Waals surface area (Å²) < 4.78 is 3.01. The van der Waals surface area contributed by atoms with Crippen LogP contribution >= 0.6 is 0 Å². The summed E-state index contributed by atoms with van der Waals surface area (Å²) in [6.07, 6.45) is 5.84. The van der Waals surface area contributed by atoms with Gasteiger partial charge in [-0.25, -0.2) is 4.79 Å². The van der Waals surface area contributed by atoms with E-state index in [1.165, 1.54) is 4.57 Å². The lowest BCUT2D eigenvalue weighted by Gasteiger charge is -2.27. The molecule has 0 bridgehead atoms. The molecule has 32 heavy (non-hydrogen) atoms. The van der Waals surface area contributed by atoms with Crippen LogP contribution in [0.4, 0.5) is 16.3 Å². The van der Waals surface area contributed by atoms with E-state index >= 15 is 0 Å². The number of nitriles is 1. The van der Waals surface area contributed by atoms with Crippen LogP contribution in [-0.2, 0) is 0 Å². The van der Waals surface area contributed by atoms with Crippen LogP contribution in [0.5, 0.6) is 0 Å². The molecule has 9 heteroatoms. The first-order valence-corrected chi connectivity index (χ1v) is 10.6. The second kappa shape index (κ2) is 7.57. The molecule has 5 rings (SSSR count). The molecule has 0 radical (unpaired) electrons. The van der Waals surface area contributed by atoms with Crippen molar-refractivity contribution in [3.63, 3.8) is 0 Å². The zero-order chi connectivity index (χ0) is 22.4. The fourth-order valence-electron chi connectivity index (χ4n) is 4.77. The molecule has 3 aromatic heterocycles. The highest BCUT2D eigenvalue weighted by Gasteiger charge is 2.29. The molecule has 1 saturated carbocycles. The van der Waals surface area contributed by atoms with Crippen molar-refractivity contribution >= 4 is 39.3 Å². The van der Waals surface area contributed by atoms with Gasteiger partial charge in [-0.15, -0.1) is 0 Å². The van der Waals surface area contributed by atoms with E-state index in [-0.39, 0.29) is 17.5 Å². The topological polar surface area (TPSA) is 129 Å². The molecule has 1 aliphatic rings. The van der Waals surface area contributed by atoms with Gasteiger partial charge in [0.25, 0.3) is 5.56 Å². The molecule has 0 amide bonds. The number of hydrogen-bond acceptors (Lipinski definition) is 5. The molecule has 1 aromatic carbocycles. The number of nitrogens with one attached hydrogen (secondary N) is 2. The van der Waals surface area contributed by atoms with Gasteiger partial charge in [-0.1, -0.05) is 18.9 Å². The van der Waals surface area contributed by atoms with Gasteiger partial charge >= 0.3 is 6.09 Å². The average Bonchev–Trinajstić information content (AvgIpc) is 3.32. The minimum absolute atomic E-state index is 0.0803. The molecule has 0 spiro atoms. The number of H-pyrrole nitrogens is 1. The summed E-state index contributed by atoms with van der Waals surface area (Å²) >= 11 is 0. The summed E-state index contributed by atoms with van der Waals surface area (Å²) in [5, 5.41) is 29.0. The molecule has 2 unspecified atom stereocenters. The van der Waals surface area contributed by atoms with E-state index in [9.17, 15) is 20.0 Å². The maximum Gasteiger partial charge on any atom is 0.415 e. The van der Waals surface area contributed by atoms with Gasteiger partial charge in [0.1, 0.15) is 5.39 Å². The number of pyridine rings is 1. The second-order valence-electron chi connectivity index (χ2n) is 8.24. The number of carboxylic acid groups (broad SMARTS) is 1. The fraction of sp³-hybridized carbons (Fsp3) is 0.304. The van der Waals surface area contributed by atoms with Crippen LogP contribution in [0.15, 0.2) is 41.5 Å². The second-order valence-corrected chi connectivity index (χ2v) is 8.24. The van der Waals surface area contributed by atoms with Crippen molar-refractivity contribution in [2.75, 3.05) is 5.32 Å². The normalized spacial score (nSPS) is 18.6. The Kier molecular flexibility index (Phi) is 4.70. The van der Waals surface area contributed by atoms with Crippen LogP contribution in [-0.4, -0.2) is 30.5 Å². The smallest absolute Gasteiger partial charge is 0.415 e. The lowest BCUT2D eigenvalue weighted by molar-refractivity contribution is 0.196. The highest BCUT2D eigenvalue weighted by molar-refractivity contribution is 5.95. The number of benzene rings is 1. The summed E-state index contributed by atoms with van der Waals surface area (Å²) in [7, 11) is 0. The Bertz CT molecular complexity index is 1450. The van der Waals surface area contributed by atoms with Crippen molar-refractivity contribution in [1.82, 2.24) is 19.3 Å². The molecule has 9 nitrogen and oxygen atoms in total. The Morgan fingerprint density at radius 1 is 1.31 bits per heavy atom. The number of aromatic nitrogens is 4. The first-order valence-electron chi connectivity index (χ1n) is 10.6. The van der Waals surface area contributed by atoms with Crippen molar-refractivity contribution in [2.45, 2.75) is 38.6 Å². The first kappa shape index (κ1) is 19.9. The minimum atomic E-state index is -1.04. The van der Waals surface area contributed by atoms with E-state index in [0.29, 0.717) is 28.1 Å². The van der Waals surface area contributed by atoms with Gasteiger partial charge in [0.2, 0.25) is 0 Å². The van der Waals surface area contributed by atoms with Crippen molar-refractivity contribution < 1.29 is 9.90 Å². The summed E-state index contributed by atoms with van der Waals surface area (Å²) in [6, 6.07) is 9.67. The van der Waals surface area contributed by atoms with E-state index in [2.05, 4.69) is 16.4 Å². The Balaban J connectivity index is 1.60. The number of aromatic amines is 1. The molecule has 162 valence electrons. The largest absolute Gasteiger partial charge is 0.464 e. The van der Waals surface area contributed by atoms with Crippen molar-refractivity contribution in [1.29, 1.82) is 5.26 Å². The van der Waals surface area contributed by atoms with Crippen molar-refractivity contribution in [3.05, 3.63) is 52.7 Å². The van der Waals surface area contributed by atoms with Crippen LogP contribution in [0.25, 0.3) is 21.7 Å². The third-order valence-electron chi connectivity index (χ3n) is 6.38. The molecule has 0 aliphatic heterocycles. The fourth-order valence-corrected chi connectivity index (χ4v) is 4.77. The van der Waals surface area contributed by atoms with Crippen LogP contribution in [0, 0.1) is 24.2 Å². The van der Waals surface area contributed by atoms with Gasteiger partial charge in [-0.05, 0) is 38.0 Å².